The predicted octanol–water partition coefficient (Wildman–Crippen LogP) is 6.77. The van der Waals surface area contributed by atoms with Crippen molar-refractivity contribution in [1.82, 2.24) is 9.78 Å². The lowest BCUT2D eigenvalue weighted by Gasteiger charge is -2.40. The quantitative estimate of drug-likeness (QED) is 0.266. The summed E-state index contributed by atoms with van der Waals surface area (Å²) in [5.74, 6) is -0.850. The number of aryl methyl sites for hydroxylation is 2. The fourth-order valence-corrected chi connectivity index (χ4v) is 7.63. The highest BCUT2D eigenvalue weighted by molar-refractivity contribution is 7.22. The van der Waals surface area contributed by atoms with Gasteiger partial charge >= 0.3 is 0 Å². The van der Waals surface area contributed by atoms with Crippen molar-refractivity contribution in [2.24, 2.45) is 18.4 Å². The standard InChI is InChI=1S/C31H28ClN3O4S/c1-6-17-7-10-22-29(37)35(30(38)31(22,3)27(17)21-14-19(39-5)9-11-24(21)36)26-15-23(33-34(26)4)28-16(2)20-13-18(32)8-12-25(20)40-28/h6-9,11-15,22,27,36H,1,10H2,2-5H3/t22-,27+,31+/m0/s1. The molecule has 1 saturated heterocycles. The summed E-state index contributed by atoms with van der Waals surface area (Å²) in [4.78, 5) is 30.6. The van der Waals surface area contributed by atoms with E-state index < -0.39 is 17.3 Å². The van der Waals surface area contributed by atoms with E-state index >= 15 is 0 Å². The summed E-state index contributed by atoms with van der Waals surface area (Å²) in [6, 6.07) is 12.5. The van der Waals surface area contributed by atoms with Crippen LogP contribution in [0.3, 0.4) is 0 Å². The minimum atomic E-state index is -1.16. The highest BCUT2D eigenvalue weighted by atomic mass is 35.5. The number of hydrogen-bond donors (Lipinski definition) is 1. The van der Waals surface area contributed by atoms with Crippen LogP contribution in [0.2, 0.25) is 5.02 Å². The first-order valence-electron chi connectivity index (χ1n) is 12.9. The highest BCUT2D eigenvalue weighted by Gasteiger charge is 2.63. The Morgan fingerprint density at radius 2 is 2.00 bits per heavy atom. The minimum Gasteiger partial charge on any atom is -0.508 e. The zero-order valence-electron chi connectivity index (χ0n) is 22.6. The van der Waals surface area contributed by atoms with E-state index in [0.29, 0.717) is 34.3 Å². The number of ether oxygens (including phenoxy) is 1. The lowest BCUT2D eigenvalue weighted by molar-refractivity contribution is -0.127. The largest absolute Gasteiger partial charge is 0.508 e. The van der Waals surface area contributed by atoms with Gasteiger partial charge in [-0.2, -0.15) is 5.10 Å². The summed E-state index contributed by atoms with van der Waals surface area (Å²) in [7, 11) is 3.28. The van der Waals surface area contributed by atoms with Gasteiger partial charge in [-0.3, -0.25) is 14.3 Å². The number of anilines is 1. The maximum absolute atomic E-state index is 14.4. The summed E-state index contributed by atoms with van der Waals surface area (Å²) in [5.41, 5.74) is 1.87. The number of halogens is 1. The third kappa shape index (κ3) is 3.66. The van der Waals surface area contributed by atoms with Crippen LogP contribution in [-0.2, 0) is 16.6 Å². The van der Waals surface area contributed by atoms with E-state index in [1.807, 2.05) is 38.1 Å². The van der Waals surface area contributed by atoms with Crippen LogP contribution in [0.4, 0.5) is 5.82 Å². The molecule has 0 radical (unpaired) electrons. The van der Waals surface area contributed by atoms with Gasteiger partial charge in [-0.1, -0.05) is 30.3 Å². The van der Waals surface area contributed by atoms with Crippen LogP contribution in [0, 0.1) is 18.3 Å². The Balaban J connectivity index is 1.46. The second-order valence-electron chi connectivity index (χ2n) is 10.5. The number of nitrogens with zero attached hydrogens (tertiary/aromatic N) is 3. The highest BCUT2D eigenvalue weighted by Crippen LogP contribution is 2.58. The summed E-state index contributed by atoms with van der Waals surface area (Å²) in [5, 5.41) is 17.3. The second kappa shape index (κ2) is 9.35. The van der Waals surface area contributed by atoms with Crippen LogP contribution in [0.1, 0.15) is 30.4 Å². The zero-order chi connectivity index (χ0) is 28.5. The molecule has 3 atom stereocenters. The number of phenolic OH excluding ortho intramolecular Hbond substituents is 1. The SMILES string of the molecule is C=CC1=CC[C@H]2C(=O)N(c3cc(-c4sc5ccc(Cl)cc5c4C)nn3C)C(=O)[C@@]2(C)[C@H]1c1cc(OC)ccc1O. The molecule has 6 rings (SSSR count). The molecule has 0 spiro atoms. The van der Waals surface area contributed by atoms with Gasteiger partial charge in [-0.25, -0.2) is 4.90 Å². The van der Waals surface area contributed by atoms with Crippen molar-refractivity contribution in [2.45, 2.75) is 26.2 Å². The van der Waals surface area contributed by atoms with E-state index in [9.17, 15) is 14.7 Å². The van der Waals surface area contributed by atoms with E-state index in [0.717, 1.165) is 26.1 Å². The summed E-state index contributed by atoms with van der Waals surface area (Å²) in [6.07, 6.45) is 4.03. The number of carbonyl (C=O) groups is 2. The Morgan fingerprint density at radius 1 is 1.23 bits per heavy atom. The number of hydrogen-bond acceptors (Lipinski definition) is 6. The molecule has 2 aromatic heterocycles. The van der Waals surface area contributed by atoms with E-state index in [2.05, 4.69) is 6.58 Å². The third-order valence-corrected chi connectivity index (χ3v) is 9.96. The number of thiophene rings is 1. The zero-order valence-corrected chi connectivity index (χ0v) is 24.1. The molecular formula is C31H28ClN3O4S. The molecule has 0 saturated carbocycles. The van der Waals surface area contributed by atoms with Gasteiger partial charge in [0.25, 0.3) is 0 Å². The molecule has 1 N–H and O–H groups in total. The molecular weight excluding hydrogens is 546 g/mol. The maximum Gasteiger partial charge on any atom is 0.242 e. The molecule has 1 aliphatic carbocycles. The number of fused-ring (bicyclic) bond motifs is 2. The molecule has 3 heterocycles. The normalized spacial score (nSPS) is 22.5. The van der Waals surface area contributed by atoms with E-state index in [4.69, 9.17) is 21.4 Å². The Kier molecular flexibility index (Phi) is 6.16. The molecule has 2 aromatic carbocycles. The lowest BCUT2D eigenvalue weighted by Crippen LogP contribution is -2.42. The van der Waals surface area contributed by atoms with Crippen LogP contribution >= 0.6 is 22.9 Å². The molecule has 1 aliphatic heterocycles. The number of benzene rings is 2. The third-order valence-electron chi connectivity index (χ3n) is 8.43. The monoisotopic (exact) mass is 573 g/mol. The average molecular weight is 574 g/mol. The maximum atomic E-state index is 14.4. The Morgan fingerprint density at radius 3 is 2.73 bits per heavy atom. The van der Waals surface area contributed by atoms with Gasteiger partial charge in [0.15, 0.2) is 0 Å². The van der Waals surface area contributed by atoms with E-state index in [1.54, 1.807) is 60.5 Å². The van der Waals surface area contributed by atoms with Crippen molar-refractivity contribution < 1.29 is 19.4 Å². The van der Waals surface area contributed by atoms with Crippen molar-refractivity contribution >= 4 is 50.7 Å². The molecule has 1 fully saturated rings. The second-order valence-corrected chi connectivity index (χ2v) is 12.0. The van der Waals surface area contributed by atoms with Crippen LogP contribution in [-0.4, -0.2) is 33.8 Å². The number of carbonyl (C=O) groups excluding carboxylic acids is 2. The molecule has 0 unspecified atom stereocenters. The number of imide groups is 1. The van der Waals surface area contributed by atoms with Crippen LogP contribution in [0.5, 0.6) is 11.5 Å². The number of methoxy groups -OCH3 is 1. The summed E-state index contributed by atoms with van der Waals surface area (Å²) >= 11 is 7.84. The summed E-state index contributed by atoms with van der Waals surface area (Å²) < 4.78 is 8.08. The summed E-state index contributed by atoms with van der Waals surface area (Å²) in [6.45, 7) is 7.81. The van der Waals surface area contributed by atoms with Crippen molar-refractivity contribution in [2.75, 3.05) is 12.0 Å². The number of allylic oxidation sites excluding steroid dienone is 3. The van der Waals surface area contributed by atoms with Crippen molar-refractivity contribution in [1.29, 1.82) is 0 Å². The van der Waals surface area contributed by atoms with Gasteiger partial charge < -0.3 is 9.84 Å². The van der Waals surface area contributed by atoms with Crippen molar-refractivity contribution in [3.8, 4) is 22.1 Å². The predicted molar refractivity (Wildman–Crippen MR) is 158 cm³/mol. The van der Waals surface area contributed by atoms with Crippen molar-refractivity contribution in [3.63, 3.8) is 0 Å². The first-order valence-corrected chi connectivity index (χ1v) is 14.1. The molecule has 204 valence electrons. The van der Waals surface area contributed by atoms with Crippen LogP contribution in [0.25, 0.3) is 20.7 Å². The fraction of sp³-hybridized carbons (Fsp3) is 0.258. The number of aromatic hydroxyl groups is 1. The molecule has 40 heavy (non-hydrogen) atoms. The molecule has 9 heteroatoms. The number of rotatable bonds is 5. The van der Waals surface area contributed by atoms with Crippen LogP contribution < -0.4 is 9.64 Å². The lowest BCUT2D eigenvalue weighted by atomic mass is 9.60. The number of amides is 2. The smallest absolute Gasteiger partial charge is 0.242 e. The first-order chi connectivity index (χ1) is 19.1. The van der Waals surface area contributed by atoms with Crippen LogP contribution in [0.15, 0.2) is 66.8 Å². The minimum absolute atomic E-state index is 0.0299. The van der Waals surface area contributed by atoms with Gasteiger partial charge in [0.1, 0.15) is 23.0 Å². The Bertz CT molecular complexity index is 1770. The Hall–Kier alpha value is -3.88. The molecule has 2 amide bonds. The fourth-order valence-electron chi connectivity index (χ4n) is 6.32. The van der Waals surface area contributed by atoms with Gasteiger partial charge in [-0.15, -0.1) is 11.3 Å². The van der Waals surface area contributed by atoms with Gasteiger partial charge in [0, 0.05) is 34.3 Å². The topological polar surface area (TPSA) is 84.7 Å². The van der Waals surface area contributed by atoms with E-state index in [1.165, 1.54) is 4.90 Å². The van der Waals surface area contributed by atoms with Gasteiger partial charge in [0.2, 0.25) is 11.8 Å². The molecule has 7 nitrogen and oxygen atoms in total. The number of phenols is 1. The average Bonchev–Trinajstić information content (AvgIpc) is 3.53. The number of aromatic nitrogens is 2. The van der Waals surface area contributed by atoms with Gasteiger partial charge in [-0.05, 0) is 73.2 Å². The molecule has 2 aliphatic rings. The molecule has 0 bridgehead atoms. The van der Waals surface area contributed by atoms with Gasteiger partial charge in [0.05, 0.1) is 23.3 Å². The van der Waals surface area contributed by atoms with E-state index in [-0.39, 0.29) is 17.6 Å². The molecule has 4 aromatic rings. The Labute approximate surface area is 240 Å². The first kappa shape index (κ1) is 26.3. The van der Waals surface area contributed by atoms with Crippen molar-refractivity contribution in [3.05, 3.63) is 82.9 Å².